The zero-order chi connectivity index (χ0) is 8.00. The van der Waals surface area contributed by atoms with Crippen LogP contribution in [-0.2, 0) is 36.2 Å². The molecule has 0 amide bonds. The standard InChI is InChI=1S/4CO.Fe.2Na.2H/c4*1-2;;;;;. The summed E-state index contributed by atoms with van der Waals surface area (Å²) in [5.41, 5.74) is 0. The third-order valence-electron chi connectivity index (χ3n) is 0. The molecule has 0 heterocycles. The van der Waals surface area contributed by atoms with Crippen LogP contribution in [0, 0.1) is 0 Å². The molecule has 0 aromatic rings. The molecule has 11 heavy (non-hydrogen) atoms. The summed E-state index contributed by atoms with van der Waals surface area (Å²) >= 11 is 0. The van der Waals surface area contributed by atoms with Gasteiger partial charge in [-0.3, -0.25) is 19.2 Å². The molecule has 0 aromatic carbocycles. The second-order valence-corrected chi connectivity index (χ2v) is 0. The molecule has 0 aliphatic carbocycles. The number of rotatable bonds is 0. The van der Waals surface area contributed by atoms with Gasteiger partial charge in [0.1, 0.15) is 0 Å². The molecule has 0 bridgehead atoms. The van der Waals surface area contributed by atoms with E-state index in [9.17, 15) is 0 Å². The van der Waals surface area contributed by atoms with Crippen molar-refractivity contribution in [3.8, 4) is 0 Å². The van der Waals surface area contributed by atoms with E-state index in [2.05, 4.69) is 27.2 Å². The predicted octanol–water partition coefficient (Wildman–Crippen LogP) is -2.89. The average Bonchev–Trinajstić information content (AvgIpc) is 2.03. The predicted molar refractivity (Wildman–Crippen MR) is 37.1 cm³/mol. The average molecular weight is 216 g/mol. The molecule has 0 saturated heterocycles. The van der Waals surface area contributed by atoms with Gasteiger partial charge in [0, 0.05) is 17.1 Å². The number of hydrogen-bond donors (Lipinski definition) is 0. The minimum atomic E-state index is 0. The van der Waals surface area contributed by atoms with Gasteiger partial charge in [0.25, 0.3) is 27.2 Å². The zero-order valence-corrected chi connectivity index (χ0v) is 5.09. The van der Waals surface area contributed by atoms with Crippen molar-refractivity contribution in [1.82, 2.24) is 0 Å². The summed E-state index contributed by atoms with van der Waals surface area (Å²) in [4.78, 5) is 30.0. The molecular formula is C4H2FeNa2O4. The summed E-state index contributed by atoms with van der Waals surface area (Å²) in [5.74, 6) is 0. The maximum atomic E-state index is 7.50. The van der Waals surface area contributed by atoms with E-state index in [4.69, 9.17) is 19.2 Å². The fourth-order valence-corrected chi connectivity index (χ4v) is 0. The van der Waals surface area contributed by atoms with Crippen LogP contribution >= 0.6 is 0 Å². The Morgan fingerprint density at radius 3 is 0.455 bits per heavy atom. The van der Waals surface area contributed by atoms with Gasteiger partial charge in [-0.05, 0) is 0 Å². The molecule has 0 unspecified atom stereocenters. The molecule has 0 saturated carbocycles. The third-order valence-corrected chi connectivity index (χ3v) is 0. The molecule has 52 valence electrons. The summed E-state index contributed by atoms with van der Waals surface area (Å²) in [5, 5.41) is 0. The maximum absolute atomic E-state index is 7.50. The van der Waals surface area contributed by atoms with Crippen molar-refractivity contribution in [1.29, 1.82) is 0 Å². The molecule has 4 nitrogen and oxygen atoms in total. The summed E-state index contributed by atoms with van der Waals surface area (Å²) in [6.07, 6.45) is 0. The Labute approximate surface area is 121 Å². The van der Waals surface area contributed by atoms with Crippen molar-refractivity contribution in [2.75, 3.05) is 0 Å². The van der Waals surface area contributed by atoms with Gasteiger partial charge in [0.05, 0.1) is 0 Å². The first-order valence-electron chi connectivity index (χ1n) is 0.816. The Kier molecular flexibility index (Phi) is 4170. The second kappa shape index (κ2) is 810. The van der Waals surface area contributed by atoms with Crippen molar-refractivity contribution in [3.05, 3.63) is 0 Å². The van der Waals surface area contributed by atoms with E-state index in [0.717, 1.165) is 0 Å². The van der Waals surface area contributed by atoms with E-state index in [1.165, 1.54) is 0 Å². The monoisotopic (exact) mass is 216 g/mol. The van der Waals surface area contributed by atoms with Crippen LogP contribution in [-0.4, -0.2) is 86.3 Å². The molecule has 8 radical (unpaired) electrons. The van der Waals surface area contributed by atoms with Crippen LogP contribution in [0.3, 0.4) is 0 Å². The van der Waals surface area contributed by atoms with Crippen LogP contribution in [0.4, 0.5) is 0 Å². The van der Waals surface area contributed by atoms with E-state index in [1.807, 2.05) is 0 Å². The fraction of sp³-hybridized carbons (Fsp3) is 0. The molecule has 0 fully saturated rings. The van der Waals surface area contributed by atoms with E-state index in [-0.39, 0.29) is 76.2 Å². The molecule has 0 atom stereocenters. The van der Waals surface area contributed by atoms with E-state index in [0.29, 0.717) is 0 Å². The molecule has 0 spiro atoms. The molecule has 0 aromatic heterocycles. The van der Waals surface area contributed by atoms with E-state index in [1.54, 1.807) is 0 Å². The summed E-state index contributed by atoms with van der Waals surface area (Å²) in [6.45, 7) is 18.0. The Morgan fingerprint density at radius 1 is 0.455 bits per heavy atom. The second-order valence-electron chi connectivity index (χ2n) is 0. The minimum absolute atomic E-state index is 0. The molecule has 0 N–H and O–H groups in total. The van der Waals surface area contributed by atoms with E-state index < -0.39 is 0 Å². The molecule has 0 rings (SSSR count). The quantitative estimate of drug-likeness (QED) is 0.407. The van der Waals surface area contributed by atoms with Crippen molar-refractivity contribution >= 4 is 86.3 Å². The van der Waals surface area contributed by atoms with Crippen molar-refractivity contribution in [2.45, 2.75) is 0 Å². The van der Waals surface area contributed by atoms with Crippen LogP contribution in [0.15, 0.2) is 0 Å². The van der Waals surface area contributed by atoms with Crippen molar-refractivity contribution < 1.29 is 36.2 Å². The SMILES string of the molecule is [C]=O.[C]=O.[C]=O.[C]=O.[Fe].[NaH].[NaH]. The van der Waals surface area contributed by atoms with Gasteiger partial charge in [-0.1, -0.05) is 0 Å². The molecule has 0 aliphatic rings. The Hall–Kier alpha value is 1.20. The van der Waals surface area contributed by atoms with Gasteiger partial charge in [-0.2, -0.15) is 0 Å². The van der Waals surface area contributed by atoms with Gasteiger partial charge in [-0.25, -0.2) is 0 Å². The Bertz CT molecular complexity index is 28.1. The van der Waals surface area contributed by atoms with Gasteiger partial charge in [0.15, 0.2) is 0 Å². The number of hydrogen-bond acceptors (Lipinski definition) is 4. The Balaban J connectivity index is -0.00000000356. The first-order valence-corrected chi connectivity index (χ1v) is 0.816. The normalized spacial score (nSPS) is 1.45. The van der Waals surface area contributed by atoms with Crippen LogP contribution in [0.2, 0.25) is 0 Å². The summed E-state index contributed by atoms with van der Waals surface area (Å²) in [6, 6.07) is 0. The topological polar surface area (TPSA) is 68.3 Å². The first kappa shape index (κ1) is 56.6. The van der Waals surface area contributed by atoms with Crippen molar-refractivity contribution in [2.24, 2.45) is 0 Å². The third kappa shape index (κ3) is 659. The first-order chi connectivity index (χ1) is 4.00. The van der Waals surface area contributed by atoms with Gasteiger partial charge >= 0.3 is 59.1 Å². The summed E-state index contributed by atoms with van der Waals surface area (Å²) in [7, 11) is 0. The molecular weight excluding hydrogens is 214 g/mol. The van der Waals surface area contributed by atoms with Crippen LogP contribution in [0.5, 0.6) is 0 Å². The molecule has 0 aliphatic heterocycles. The zero-order valence-electron chi connectivity index (χ0n) is 3.99. The fourth-order valence-electron chi connectivity index (χ4n) is 0. The van der Waals surface area contributed by atoms with Crippen LogP contribution in [0.1, 0.15) is 0 Å². The van der Waals surface area contributed by atoms with Gasteiger partial charge in [-0.15, -0.1) is 0 Å². The van der Waals surface area contributed by atoms with Crippen LogP contribution in [0.25, 0.3) is 0 Å². The summed E-state index contributed by atoms with van der Waals surface area (Å²) < 4.78 is 0. The van der Waals surface area contributed by atoms with Gasteiger partial charge in [0.2, 0.25) is 0 Å². The Morgan fingerprint density at radius 2 is 0.455 bits per heavy atom. The number of carbonyl (C=O) groups excluding carboxylic acids is 4. The van der Waals surface area contributed by atoms with Crippen LogP contribution < -0.4 is 0 Å². The molecule has 7 heteroatoms. The van der Waals surface area contributed by atoms with E-state index >= 15 is 0 Å². The van der Waals surface area contributed by atoms with Gasteiger partial charge < -0.3 is 0 Å². The van der Waals surface area contributed by atoms with Crippen molar-refractivity contribution in [3.63, 3.8) is 0 Å².